The maximum atomic E-state index is 11.8. The van der Waals surface area contributed by atoms with Gasteiger partial charge >= 0.3 is 5.97 Å². The summed E-state index contributed by atoms with van der Waals surface area (Å²) in [5.41, 5.74) is 0.657. The van der Waals surface area contributed by atoms with Crippen LogP contribution in [-0.4, -0.2) is 28.5 Å². The standard InChI is InChI=1S/C12H12Br3NO3S/c1-6(12(18)19)4-20-5-10(17)16-11-8(14)2-7(13)3-9(11)15/h2-3,6H,4-5H2,1H3,(H,16,17)(H,18,19). The Labute approximate surface area is 146 Å². The van der Waals surface area contributed by atoms with E-state index in [1.54, 1.807) is 6.92 Å². The van der Waals surface area contributed by atoms with Crippen molar-refractivity contribution in [1.29, 1.82) is 0 Å². The molecule has 0 bridgehead atoms. The van der Waals surface area contributed by atoms with Gasteiger partial charge in [-0.2, -0.15) is 11.8 Å². The molecule has 1 aromatic rings. The molecule has 0 radical (unpaired) electrons. The van der Waals surface area contributed by atoms with E-state index in [2.05, 4.69) is 53.1 Å². The number of aliphatic carboxylic acids is 1. The van der Waals surface area contributed by atoms with Crippen molar-refractivity contribution >= 4 is 77.1 Å². The molecule has 20 heavy (non-hydrogen) atoms. The van der Waals surface area contributed by atoms with Crippen molar-refractivity contribution in [2.45, 2.75) is 6.92 Å². The molecule has 0 fully saturated rings. The zero-order chi connectivity index (χ0) is 15.3. The lowest BCUT2D eigenvalue weighted by Gasteiger charge is -2.11. The SMILES string of the molecule is CC(CSCC(=O)Nc1c(Br)cc(Br)cc1Br)C(=O)O. The molecular weight excluding hydrogens is 478 g/mol. The highest BCUT2D eigenvalue weighted by molar-refractivity contribution is 9.11. The summed E-state index contributed by atoms with van der Waals surface area (Å²) in [6, 6.07) is 3.67. The van der Waals surface area contributed by atoms with Gasteiger partial charge in [-0.3, -0.25) is 9.59 Å². The first-order valence-corrected chi connectivity index (χ1v) is 9.09. The second kappa shape index (κ2) is 8.41. The zero-order valence-electron chi connectivity index (χ0n) is 10.5. The minimum atomic E-state index is -0.851. The Kier molecular flexibility index (Phi) is 7.57. The van der Waals surface area contributed by atoms with Gasteiger partial charge in [0.15, 0.2) is 0 Å². The topological polar surface area (TPSA) is 66.4 Å². The third kappa shape index (κ3) is 5.75. The van der Waals surface area contributed by atoms with E-state index in [1.807, 2.05) is 12.1 Å². The summed E-state index contributed by atoms with van der Waals surface area (Å²) < 4.78 is 2.41. The number of nitrogens with one attached hydrogen (secondary N) is 1. The maximum Gasteiger partial charge on any atom is 0.307 e. The highest BCUT2D eigenvalue weighted by Crippen LogP contribution is 2.34. The summed E-state index contributed by atoms with van der Waals surface area (Å²) in [6.07, 6.45) is 0. The van der Waals surface area contributed by atoms with Gasteiger partial charge in [0, 0.05) is 19.2 Å². The molecule has 2 N–H and O–H groups in total. The van der Waals surface area contributed by atoms with Crippen molar-refractivity contribution in [1.82, 2.24) is 0 Å². The molecule has 0 spiro atoms. The van der Waals surface area contributed by atoms with Crippen molar-refractivity contribution in [2.75, 3.05) is 16.8 Å². The van der Waals surface area contributed by atoms with Crippen LogP contribution < -0.4 is 5.32 Å². The normalized spacial score (nSPS) is 12.0. The van der Waals surface area contributed by atoms with Crippen molar-refractivity contribution in [3.05, 3.63) is 25.6 Å². The Morgan fingerprint density at radius 1 is 1.30 bits per heavy atom. The van der Waals surface area contributed by atoms with Crippen LogP contribution in [-0.2, 0) is 9.59 Å². The maximum absolute atomic E-state index is 11.8. The zero-order valence-corrected chi connectivity index (χ0v) is 16.0. The molecule has 1 rings (SSSR count). The molecule has 0 aliphatic carbocycles. The second-order valence-electron chi connectivity index (χ2n) is 4.05. The summed E-state index contributed by atoms with van der Waals surface area (Å²) in [7, 11) is 0. The molecule has 0 aromatic heterocycles. The molecule has 0 aliphatic rings. The van der Waals surface area contributed by atoms with Gasteiger partial charge < -0.3 is 10.4 Å². The smallest absolute Gasteiger partial charge is 0.307 e. The lowest BCUT2D eigenvalue weighted by molar-refractivity contribution is -0.140. The van der Waals surface area contributed by atoms with Gasteiger partial charge in [0.2, 0.25) is 5.91 Å². The van der Waals surface area contributed by atoms with Crippen LogP contribution in [0.3, 0.4) is 0 Å². The van der Waals surface area contributed by atoms with Crippen LogP contribution in [0.4, 0.5) is 5.69 Å². The van der Waals surface area contributed by atoms with Crippen molar-refractivity contribution in [2.24, 2.45) is 5.92 Å². The number of carboxylic acids is 1. The highest BCUT2D eigenvalue weighted by atomic mass is 79.9. The summed E-state index contributed by atoms with van der Waals surface area (Å²) in [5.74, 6) is -0.857. The summed E-state index contributed by atoms with van der Waals surface area (Å²) in [4.78, 5) is 22.5. The average molecular weight is 490 g/mol. The molecule has 0 saturated heterocycles. The van der Waals surface area contributed by atoms with Crippen molar-refractivity contribution in [3.63, 3.8) is 0 Å². The van der Waals surface area contributed by atoms with Gasteiger partial charge in [0.25, 0.3) is 0 Å². The Morgan fingerprint density at radius 3 is 2.35 bits per heavy atom. The largest absolute Gasteiger partial charge is 0.481 e. The molecule has 110 valence electrons. The highest BCUT2D eigenvalue weighted by Gasteiger charge is 2.13. The summed E-state index contributed by atoms with van der Waals surface area (Å²) >= 11 is 11.4. The number of amides is 1. The molecular formula is C12H12Br3NO3S. The number of benzene rings is 1. The Morgan fingerprint density at radius 2 is 1.85 bits per heavy atom. The monoisotopic (exact) mass is 487 g/mol. The lowest BCUT2D eigenvalue weighted by Crippen LogP contribution is -2.17. The van der Waals surface area contributed by atoms with Crippen LogP contribution in [0.1, 0.15) is 6.92 Å². The van der Waals surface area contributed by atoms with Crippen LogP contribution in [0.5, 0.6) is 0 Å². The second-order valence-corrected chi connectivity index (χ2v) is 7.70. The summed E-state index contributed by atoms with van der Waals surface area (Å²) in [6.45, 7) is 1.62. The molecule has 0 saturated carbocycles. The van der Waals surface area contributed by atoms with Crippen molar-refractivity contribution in [3.8, 4) is 0 Å². The van der Waals surface area contributed by atoms with Gasteiger partial charge in [-0.05, 0) is 44.0 Å². The Balaban J connectivity index is 2.53. The molecule has 1 atom stereocenters. The van der Waals surface area contributed by atoms with E-state index in [0.29, 0.717) is 11.4 Å². The van der Waals surface area contributed by atoms with E-state index < -0.39 is 11.9 Å². The quantitative estimate of drug-likeness (QED) is 0.623. The first-order valence-electron chi connectivity index (χ1n) is 5.56. The van der Waals surface area contributed by atoms with Gasteiger partial charge in [-0.1, -0.05) is 22.9 Å². The number of rotatable bonds is 6. The van der Waals surface area contributed by atoms with Crippen molar-refractivity contribution < 1.29 is 14.7 Å². The molecule has 1 amide bonds. The number of carbonyl (C=O) groups is 2. The van der Waals surface area contributed by atoms with Gasteiger partial charge in [-0.15, -0.1) is 0 Å². The number of thioether (sulfide) groups is 1. The van der Waals surface area contributed by atoms with E-state index in [0.717, 1.165) is 13.4 Å². The predicted octanol–water partition coefficient (Wildman–Crippen LogP) is 4.37. The van der Waals surface area contributed by atoms with E-state index in [9.17, 15) is 9.59 Å². The van der Waals surface area contributed by atoms with Crippen LogP contribution in [0, 0.1) is 5.92 Å². The Bertz CT molecular complexity index is 502. The van der Waals surface area contributed by atoms with E-state index in [4.69, 9.17) is 5.11 Å². The Hall–Kier alpha value is -0.0500. The lowest BCUT2D eigenvalue weighted by atomic mass is 10.2. The third-order valence-corrected chi connectivity index (χ3v) is 5.20. The van der Waals surface area contributed by atoms with E-state index in [-0.39, 0.29) is 11.7 Å². The fourth-order valence-electron chi connectivity index (χ4n) is 1.24. The van der Waals surface area contributed by atoms with Crippen LogP contribution in [0.15, 0.2) is 25.6 Å². The predicted molar refractivity (Wildman–Crippen MR) is 92.3 cm³/mol. The van der Waals surface area contributed by atoms with Gasteiger partial charge in [0.1, 0.15) is 0 Å². The number of halogens is 3. The fourth-order valence-corrected chi connectivity index (χ4v) is 4.57. The van der Waals surface area contributed by atoms with E-state index in [1.165, 1.54) is 11.8 Å². The molecule has 4 nitrogen and oxygen atoms in total. The summed E-state index contributed by atoms with van der Waals surface area (Å²) in [5, 5.41) is 11.5. The number of carboxylic acid groups (broad SMARTS) is 1. The number of carbonyl (C=O) groups excluding carboxylic acids is 1. The van der Waals surface area contributed by atoms with Gasteiger partial charge in [-0.25, -0.2) is 0 Å². The fraction of sp³-hybridized carbons (Fsp3) is 0.333. The van der Waals surface area contributed by atoms with Gasteiger partial charge in [0.05, 0.1) is 17.4 Å². The molecule has 1 unspecified atom stereocenters. The average Bonchev–Trinajstić information content (AvgIpc) is 2.33. The number of hydrogen-bond donors (Lipinski definition) is 2. The molecule has 8 heteroatoms. The first-order chi connectivity index (χ1) is 9.31. The van der Waals surface area contributed by atoms with Crippen LogP contribution in [0.25, 0.3) is 0 Å². The van der Waals surface area contributed by atoms with E-state index >= 15 is 0 Å². The minimum absolute atomic E-state index is 0.170. The molecule has 1 aromatic carbocycles. The minimum Gasteiger partial charge on any atom is -0.481 e. The van der Waals surface area contributed by atoms with Crippen LogP contribution >= 0.6 is 59.6 Å². The van der Waals surface area contributed by atoms with Crippen LogP contribution in [0.2, 0.25) is 0 Å². The number of hydrogen-bond acceptors (Lipinski definition) is 3. The number of anilines is 1. The first kappa shape index (κ1) is 18.0. The molecule has 0 aliphatic heterocycles. The molecule has 0 heterocycles. The third-order valence-electron chi connectivity index (χ3n) is 2.29.